The van der Waals surface area contributed by atoms with Crippen LogP contribution in [0.1, 0.15) is 28.3 Å². The number of nitrogens with one attached hydrogen (secondary N) is 1. The number of amides is 2. The van der Waals surface area contributed by atoms with E-state index in [0.717, 1.165) is 29.1 Å². The number of aromatic nitrogens is 4. The summed E-state index contributed by atoms with van der Waals surface area (Å²) in [4.78, 5) is 25.7. The van der Waals surface area contributed by atoms with Crippen molar-refractivity contribution < 1.29 is 14.3 Å². The number of nitrogens with zero attached hydrogens (tertiary/aromatic N) is 5. The van der Waals surface area contributed by atoms with E-state index in [-0.39, 0.29) is 12.0 Å². The van der Waals surface area contributed by atoms with Crippen LogP contribution in [0.25, 0.3) is 11.3 Å². The van der Waals surface area contributed by atoms with Crippen LogP contribution in [-0.2, 0) is 18.8 Å². The third kappa shape index (κ3) is 3.42. The Labute approximate surface area is 151 Å². The molecule has 2 aromatic heterocycles. The third-order valence-corrected chi connectivity index (χ3v) is 4.60. The lowest BCUT2D eigenvalue weighted by Gasteiger charge is -2.26. The molecule has 0 unspecified atom stereocenters. The zero-order chi connectivity index (χ0) is 18.8. The second kappa shape index (κ2) is 7.19. The summed E-state index contributed by atoms with van der Waals surface area (Å²) in [6.45, 7) is 5.81. The molecule has 0 atom stereocenters. The molecule has 0 spiro atoms. The quantitative estimate of drug-likeness (QED) is 0.859. The van der Waals surface area contributed by atoms with E-state index >= 15 is 0 Å². The average Bonchev–Trinajstić information content (AvgIpc) is 3.08. The van der Waals surface area contributed by atoms with E-state index in [1.807, 2.05) is 20.9 Å². The summed E-state index contributed by atoms with van der Waals surface area (Å²) in [6, 6.07) is 1.77. The highest BCUT2D eigenvalue weighted by Crippen LogP contribution is 2.25. The van der Waals surface area contributed by atoms with E-state index in [1.165, 1.54) is 0 Å². The van der Waals surface area contributed by atoms with Crippen molar-refractivity contribution >= 4 is 12.0 Å². The minimum Gasteiger partial charge on any atom is -0.449 e. The topological polar surface area (TPSA) is 94.3 Å². The first-order chi connectivity index (χ1) is 12.4. The smallest absolute Gasteiger partial charge is 0.409 e. The Hall–Kier alpha value is -2.84. The van der Waals surface area contributed by atoms with E-state index in [9.17, 15) is 9.59 Å². The van der Waals surface area contributed by atoms with Gasteiger partial charge in [-0.2, -0.15) is 10.2 Å². The molecule has 26 heavy (non-hydrogen) atoms. The first kappa shape index (κ1) is 18.0. The second-order valence-electron chi connectivity index (χ2n) is 6.42. The van der Waals surface area contributed by atoms with Crippen LogP contribution < -0.4 is 5.32 Å². The highest BCUT2D eigenvalue weighted by molar-refractivity contribution is 5.93. The zero-order valence-electron chi connectivity index (χ0n) is 15.6. The summed E-state index contributed by atoms with van der Waals surface area (Å²) in [5.74, 6) is -0.226. The fraction of sp³-hybridized carbons (Fsp3) is 0.529. The van der Waals surface area contributed by atoms with Crippen LogP contribution in [0.15, 0.2) is 6.07 Å². The van der Waals surface area contributed by atoms with Gasteiger partial charge in [-0.25, -0.2) is 4.79 Å². The first-order valence-corrected chi connectivity index (χ1v) is 8.63. The number of cyclic esters (lactones) is 1. The lowest BCUT2D eigenvalue weighted by molar-refractivity contribution is 0.0718. The predicted molar refractivity (Wildman–Crippen MR) is 94.8 cm³/mol. The first-order valence-electron chi connectivity index (χ1n) is 8.63. The number of rotatable bonds is 5. The number of hydrogen-bond donors (Lipinski definition) is 1. The van der Waals surface area contributed by atoms with Crippen molar-refractivity contribution in [2.24, 2.45) is 14.1 Å². The lowest BCUT2D eigenvalue weighted by atomic mass is 10.1. The number of hydrogen-bond acceptors (Lipinski definition) is 5. The molecular weight excluding hydrogens is 336 g/mol. The molecule has 2 aromatic rings. The average molecular weight is 360 g/mol. The highest BCUT2D eigenvalue weighted by Gasteiger charge is 2.21. The zero-order valence-corrected chi connectivity index (χ0v) is 15.6. The predicted octanol–water partition coefficient (Wildman–Crippen LogP) is 1.01. The Kier molecular flexibility index (Phi) is 4.97. The summed E-state index contributed by atoms with van der Waals surface area (Å²) in [6.07, 6.45) is 0.491. The molecule has 0 aromatic carbocycles. The molecule has 3 heterocycles. The van der Waals surface area contributed by atoms with Gasteiger partial charge in [-0.3, -0.25) is 14.2 Å². The van der Waals surface area contributed by atoms with Crippen molar-refractivity contribution in [2.75, 3.05) is 26.2 Å². The van der Waals surface area contributed by atoms with Gasteiger partial charge in [-0.15, -0.1) is 0 Å². The largest absolute Gasteiger partial charge is 0.449 e. The van der Waals surface area contributed by atoms with Gasteiger partial charge in [-0.05, 0) is 26.3 Å². The minimum absolute atomic E-state index is 0.226. The molecule has 0 bridgehead atoms. The van der Waals surface area contributed by atoms with Crippen molar-refractivity contribution in [1.82, 2.24) is 29.8 Å². The monoisotopic (exact) mass is 360 g/mol. The van der Waals surface area contributed by atoms with Crippen molar-refractivity contribution in [2.45, 2.75) is 20.3 Å². The molecule has 0 radical (unpaired) electrons. The van der Waals surface area contributed by atoms with Crippen LogP contribution in [0, 0.1) is 13.8 Å². The Morgan fingerprint density at radius 2 is 2.04 bits per heavy atom. The van der Waals surface area contributed by atoms with Crippen LogP contribution in [0.3, 0.4) is 0 Å². The van der Waals surface area contributed by atoms with Crippen LogP contribution >= 0.6 is 0 Å². The van der Waals surface area contributed by atoms with Gasteiger partial charge in [0.1, 0.15) is 5.69 Å². The van der Waals surface area contributed by atoms with E-state index in [2.05, 4.69) is 15.5 Å². The number of carbonyl (C=O) groups is 2. The lowest BCUT2D eigenvalue weighted by Crippen LogP contribution is -2.42. The van der Waals surface area contributed by atoms with Gasteiger partial charge in [-0.1, -0.05) is 0 Å². The van der Waals surface area contributed by atoms with Gasteiger partial charge in [0.25, 0.3) is 5.91 Å². The molecule has 2 amide bonds. The summed E-state index contributed by atoms with van der Waals surface area (Å²) < 4.78 is 8.34. The van der Waals surface area contributed by atoms with E-state index in [0.29, 0.717) is 31.9 Å². The number of ether oxygens (including phenoxy) is 1. The summed E-state index contributed by atoms with van der Waals surface area (Å²) >= 11 is 0. The number of aryl methyl sites for hydroxylation is 3. The molecule has 3 rings (SSSR count). The molecular formula is C17H24N6O3. The molecule has 1 aliphatic heterocycles. The fourth-order valence-electron chi connectivity index (χ4n) is 3.14. The van der Waals surface area contributed by atoms with Gasteiger partial charge >= 0.3 is 6.09 Å². The normalized spacial score (nSPS) is 14.5. The summed E-state index contributed by atoms with van der Waals surface area (Å²) in [5, 5.41) is 11.7. The van der Waals surface area contributed by atoms with Gasteiger partial charge in [0.05, 0.1) is 18.0 Å². The van der Waals surface area contributed by atoms with Crippen LogP contribution in [-0.4, -0.2) is 62.7 Å². The molecule has 9 heteroatoms. The van der Waals surface area contributed by atoms with Crippen molar-refractivity contribution in [1.29, 1.82) is 0 Å². The van der Waals surface area contributed by atoms with Crippen molar-refractivity contribution in [3.8, 4) is 11.3 Å². The van der Waals surface area contributed by atoms with Gasteiger partial charge in [0.2, 0.25) is 0 Å². The van der Waals surface area contributed by atoms with Gasteiger partial charge in [0.15, 0.2) is 0 Å². The van der Waals surface area contributed by atoms with E-state index in [4.69, 9.17) is 4.74 Å². The standard InChI is InChI=1S/C17H24N6O3/c1-11-15(12(2)21(3)19-11)13-10-14(22(4)20-13)16(24)18-6-8-23-7-5-9-26-17(23)25/h10H,5-9H2,1-4H3,(H,18,24). The van der Waals surface area contributed by atoms with Crippen LogP contribution in [0.2, 0.25) is 0 Å². The van der Waals surface area contributed by atoms with Gasteiger partial charge in [0, 0.05) is 45.0 Å². The molecule has 9 nitrogen and oxygen atoms in total. The summed E-state index contributed by atoms with van der Waals surface area (Å²) in [5.41, 5.74) is 4.00. The Balaban J connectivity index is 1.67. The van der Waals surface area contributed by atoms with E-state index in [1.54, 1.807) is 27.4 Å². The van der Waals surface area contributed by atoms with Crippen LogP contribution in [0.5, 0.6) is 0 Å². The highest BCUT2D eigenvalue weighted by atomic mass is 16.6. The molecule has 1 fully saturated rings. The fourth-order valence-corrected chi connectivity index (χ4v) is 3.14. The molecule has 1 saturated heterocycles. The number of carbonyl (C=O) groups excluding carboxylic acids is 2. The van der Waals surface area contributed by atoms with Crippen molar-refractivity contribution in [3.05, 3.63) is 23.1 Å². The van der Waals surface area contributed by atoms with E-state index < -0.39 is 0 Å². The SMILES string of the molecule is Cc1nn(C)c(C)c1-c1cc(C(=O)NCCN2CCCOC2=O)n(C)n1. The molecule has 140 valence electrons. The maximum absolute atomic E-state index is 12.5. The van der Waals surface area contributed by atoms with Gasteiger partial charge < -0.3 is 15.0 Å². The molecule has 1 N–H and O–H groups in total. The Bertz CT molecular complexity index is 838. The Morgan fingerprint density at radius 3 is 2.69 bits per heavy atom. The molecule has 0 aliphatic carbocycles. The maximum atomic E-state index is 12.5. The Morgan fingerprint density at radius 1 is 1.27 bits per heavy atom. The summed E-state index contributed by atoms with van der Waals surface area (Å²) in [7, 11) is 3.62. The molecule has 0 saturated carbocycles. The third-order valence-electron chi connectivity index (χ3n) is 4.60. The molecule has 1 aliphatic rings. The minimum atomic E-state index is -0.323. The second-order valence-corrected chi connectivity index (χ2v) is 6.42. The van der Waals surface area contributed by atoms with Crippen LogP contribution in [0.4, 0.5) is 4.79 Å². The van der Waals surface area contributed by atoms with Crippen molar-refractivity contribution in [3.63, 3.8) is 0 Å². The maximum Gasteiger partial charge on any atom is 0.409 e.